The van der Waals surface area contributed by atoms with Crippen LogP contribution in [0.3, 0.4) is 0 Å². The van der Waals surface area contributed by atoms with E-state index in [4.69, 9.17) is 21.1 Å². The number of nitrogens with zero attached hydrogens (tertiary/aromatic N) is 1. The zero-order valence-electron chi connectivity index (χ0n) is 14.7. The lowest BCUT2D eigenvalue weighted by atomic mass is 9.98. The number of benzene rings is 1. The van der Waals surface area contributed by atoms with Gasteiger partial charge in [0.1, 0.15) is 5.75 Å². The van der Waals surface area contributed by atoms with Gasteiger partial charge in [-0.1, -0.05) is 18.0 Å². The average Bonchev–Trinajstić information content (AvgIpc) is 2.75. The smallest absolute Gasteiger partial charge is 0.226 e. The molecule has 1 aliphatic rings. The molecule has 0 radical (unpaired) electrons. The van der Waals surface area contributed by atoms with E-state index in [9.17, 15) is 9.59 Å². The monoisotopic (exact) mass is 368 g/mol. The van der Waals surface area contributed by atoms with Gasteiger partial charge in [0.25, 0.3) is 0 Å². The molecular formula is C18H25ClN2O4. The van der Waals surface area contributed by atoms with Crippen LogP contribution in [0.5, 0.6) is 5.75 Å². The first-order chi connectivity index (χ1) is 12.0. The number of amides is 2. The van der Waals surface area contributed by atoms with Crippen molar-refractivity contribution in [1.29, 1.82) is 0 Å². The molecule has 0 aromatic heterocycles. The number of hydrogen-bond donors (Lipinski definition) is 1. The molecule has 1 unspecified atom stereocenters. The summed E-state index contributed by atoms with van der Waals surface area (Å²) >= 11 is 5.98. The quantitative estimate of drug-likeness (QED) is 0.803. The Hall–Kier alpha value is -1.79. The van der Waals surface area contributed by atoms with Crippen molar-refractivity contribution >= 4 is 29.1 Å². The number of halogens is 1. The number of hydrogen-bond acceptors (Lipinski definition) is 4. The van der Waals surface area contributed by atoms with Gasteiger partial charge in [0.05, 0.1) is 19.4 Å². The first kappa shape index (κ1) is 19.5. The zero-order valence-corrected chi connectivity index (χ0v) is 15.5. The van der Waals surface area contributed by atoms with Gasteiger partial charge in [-0.25, -0.2) is 0 Å². The van der Waals surface area contributed by atoms with E-state index in [0.717, 1.165) is 25.8 Å². The maximum absolute atomic E-state index is 12.7. The van der Waals surface area contributed by atoms with Crippen molar-refractivity contribution in [1.82, 2.24) is 4.90 Å². The lowest BCUT2D eigenvalue weighted by molar-refractivity contribution is -0.137. The third kappa shape index (κ3) is 5.61. The number of likely N-dealkylation sites (tertiary alicyclic amines) is 1. The Bertz CT molecular complexity index is 609. The third-order valence-electron chi connectivity index (χ3n) is 4.32. The van der Waals surface area contributed by atoms with Crippen LogP contribution >= 0.6 is 11.6 Å². The van der Waals surface area contributed by atoms with E-state index in [1.807, 2.05) is 0 Å². The second-order valence-corrected chi connectivity index (χ2v) is 6.54. The van der Waals surface area contributed by atoms with Gasteiger partial charge in [-0.3, -0.25) is 9.59 Å². The van der Waals surface area contributed by atoms with Crippen LogP contribution in [0.1, 0.15) is 25.7 Å². The topological polar surface area (TPSA) is 67.9 Å². The summed E-state index contributed by atoms with van der Waals surface area (Å²) in [6.45, 7) is 1.79. The number of nitrogens with one attached hydrogen (secondary N) is 1. The number of carbonyl (C=O) groups is 2. The Morgan fingerprint density at radius 1 is 1.36 bits per heavy atom. The molecule has 6 nitrogen and oxygen atoms in total. The minimum absolute atomic E-state index is 0.0303. The summed E-state index contributed by atoms with van der Waals surface area (Å²) in [6, 6.07) is 5.03. The largest absolute Gasteiger partial charge is 0.495 e. The van der Waals surface area contributed by atoms with Gasteiger partial charge in [0, 0.05) is 37.6 Å². The molecule has 1 aromatic carbocycles. The number of methoxy groups -OCH3 is 2. The Kier molecular flexibility index (Phi) is 7.52. The van der Waals surface area contributed by atoms with E-state index in [1.54, 1.807) is 30.2 Å². The summed E-state index contributed by atoms with van der Waals surface area (Å²) in [4.78, 5) is 26.9. The molecule has 7 heteroatoms. The maximum atomic E-state index is 12.7. The molecule has 0 spiro atoms. The fourth-order valence-corrected chi connectivity index (χ4v) is 3.17. The van der Waals surface area contributed by atoms with Crippen molar-refractivity contribution in [3.05, 3.63) is 23.2 Å². The zero-order chi connectivity index (χ0) is 18.2. The van der Waals surface area contributed by atoms with Gasteiger partial charge in [-0.05, 0) is 31.0 Å². The highest BCUT2D eigenvalue weighted by Gasteiger charge is 2.28. The molecule has 1 saturated heterocycles. The normalized spacial score (nSPS) is 18.0. The molecule has 1 aromatic rings. The average molecular weight is 369 g/mol. The maximum Gasteiger partial charge on any atom is 0.226 e. The number of ether oxygens (including phenoxy) is 2. The van der Waals surface area contributed by atoms with Crippen LogP contribution in [0.25, 0.3) is 0 Å². The lowest BCUT2D eigenvalue weighted by Gasteiger charge is -2.24. The highest BCUT2D eigenvalue weighted by Crippen LogP contribution is 2.28. The minimum Gasteiger partial charge on any atom is -0.495 e. The van der Waals surface area contributed by atoms with Crippen LogP contribution in [-0.4, -0.2) is 50.6 Å². The summed E-state index contributed by atoms with van der Waals surface area (Å²) < 4.78 is 10.3. The second-order valence-electron chi connectivity index (χ2n) is 6.11. The number of carbonyl (C=O) groups excluding carboxylic acids is 2. The highest BCUT2D eigenvalue weighted by atomic mass is 35.5. The molecule has 1 atom stereocenters. The molecule has 2 rings (SSSR count). The molecule has 138 valence electrons. The van der Waals surface area contributed by atoms with Crippen LogP contribution in [0.2, 0.25) is 5.02 Å². The first-order valence-corrected chi connectivity index (χ1v) is 8.84. The fraction of sp³-hybridized carbons (Fsp3) is 0.556. The van der Waals surface area contributed by atoms with Crippen molar-refractivity contribution in [2.45, 2.75) is 25.7 Å². The van der Waals surface area contributed by atoms with Crippen LogP contribution < -0.4 is 10.1 Å². The number of rotatable bonds is 7. The molecule has 0 saturated carbocycles. The minimum atomic E-state index is -0.301. The van der Waals surface area contributed by atoms with E-state index in [-0.39, 0.29) is 24.2 Å². The predicted molar refractivity (Wildman–Crippen MR) is 97.0 cm³/mol. The van der Waals surface area contributed by atoms with E-state index >= 15 is 0 Å². The molecule has 0 bridgehead atoms. The van der Waals surface area contributed by atoms with Crippen LogP contribution in [0.15, 0.2) is 18.2 Å². The van der Waals surface area contributed by atoms with Gasteiger partial charge in [-0.15, -0.1) is 0 Å². The van der Waals surface area contributed by atoms with Crippen molar-refractivity contribution in [2.24, 2.45) is 5.92 Å². The Morgan fingerprint density at radius 2 is 2.16 bits per heavy atom. The Morgan fingerprint density at radius 3 is 2.88 bits per heavy atom. The van der Waals surface area contributed by atoms with E-state index in [2.05, 4.69) is 5.32 Å². The van der Waals surface area contributed by atoms with Gasteiger partial charge in [0.15, 0.2) is 0 Å². The van der Waals surface area contributed by atoms with E-state index in [1.165, 1.54) is 7.11 Å². The number of anilines is 1. The third-order valence-corrected chi connectivity index (χ3v) is 4.56. The van der Waals surface area contributed by atoms with Crippen LogP contribution in [0.4, 0.5) is 5.69 Å². The molecular weight excluding hydrogens is 344 g/mol. The van der Waals surface area contributed by atoms with Gasteiger partial charge < -0.3 is 19.7 Å². The van der Waals surface area contributed by atoms with E-state index in [0.29, 0.717) is 29.6 Å². The van der Waals surface area contributed by atoms with Crippen molar-refractivity contribution in [2.75, 3.05) is 39.2 Å². The molecule has 25 heavy (non-hydrogen) atoms. The molecule has 1 heterocycles. The lowest BCUT2D eigenvalue weighted by Crippen LogP contribution is -2.38. The molecule has 0 aliphatic carbocycles. The highest BCUT2D eigenvalue weighted by molar-refractivity contribution is 6.31. The SMILES string of the molecule is COCCN1CCCCC(CC(=O)Nc2cc(Cl)ccc2OC)C1=O. The van der Waals surface area contributed by atoms with Crippen molar-refractivity contribution < 1.29 is 19.1 Å². The molecule has 1 N–H and O–H groups in total. The fourth-order valence-electron chi connectivity index (χ4n) is 3.00. The Labute approximate surface area is 153 Å². The van der Waals surface area contributed by atoms with Gasteiger partial charge in [-0.2, -0.15) is 0 Å². The first-order valence-electron chi connectivity index (χ1n) is 8.46. The van der Waals surface area contributed by atoms with Gasteiger partial charge in [0.2, 0.25) is 11.8 Å². The summed E-state index contributed by atoms with van der Waals surface area (Å²) in [5.41, 5.74) is 0.511. The molecule has 1 aliphatic heterocycles. The summed E-state index contributed by atoms with van der Waals surface area (Å²) in [7, 11) is 3.15. The van der Waals surface area contributed by atoms with Gasteiger partial charge >= 0.3 is 0 Å². The van der Waals surface area contributed by atoms with Crippen molar-refractivity contribution in [3.8, 4) is 5.75 Å². The summed E-state index contributed by atoms with van der Waals surface area (Å²) in [5, 5.41) is 3.31. The second kappa shape index (κ2) is 9.63. The molecule has 2 amide bonds. The van der Waals surface area contributed by atoms with Crippen LogP contribution in [0, 0.1) is 5.92 Å². The molecule has 1 fully saturated rings. The van der Waals surface area contributed by atoms with Crippen LogP contribution in [-0.2, 0) is 14.3 Å². The Balaban J connectivity index is 2.01. The summed E-state index contributed by atoms with van der Waals surface area (Å²) in [6.07, 6.45) is 2.77. The standard InChI is InChI=1S/C18H25ClN2O4/c1-24-10-9-21-8-4-3-5-13(18(21)23)11-17(22)20-15-12-14(19)6-7-16(15)25-2/h6-7,12-13H,3-5,8-11H2,1-2H3,(H,20,22). The predicted octanol–water partition coefficient (Wildman–Crippen LogP) is 2.95. The van der Waals surface area contributed by atoms with E-state index < -0.39 is 0 Å². The summed E-state index contributed by atoms with van der Waals surface area (Å²) in [5.74, 6) is 0.0477. The van der Waals surface area contributed by atoms with Crippen molar-refractivity contribution in [3.63, 3.8) is 0 Å².